The largest absolute Gasteiger partial charge is 0.466 e. The summed E-state index contributed by atoms with van der Waals surface area (Å²) in [6, 6.07) is -0.0935. The number of hydrogen-bond acceptors (Lipinski definition) is 3. The molecule has 0 bridgehead atoms. The fourth-order valence-electron chi connectivity index (χ4n) is 0.483. The van der Waals surface area contributed by atoms with Crippen molar-refractivity contribution in [1.82, 2.24) is 0 Å². The second-order valence-corrected chi connectivity index (χ2v) is 1.99. The zero-order chi connectivity index (χ0) is 7.28. The van der Waals surface area contributed by atoms with Gasteiger partial charge in [-0.05, 0) is 13.8 Å². The minimum Gasteiger partial charge on any atom is -0.466 e. The van der Waals surface area contributed by atoms with Crippen molar-refractivity contribution in [2.45, 2.75) is 26.3 Å². The van der Waals surface area contributed by atoms with E-state index in [1.165, 1.54) is 0 Å². The van der Waals surface area contributed by atoms with Gasteiger partial charge in [-0.15, -0.1) is 12.4 Å². The minimum atomic E-state index is -0.215. The van der Waals surface area contributed by atoms with Gasteiger partial charge in [0.15, 0.2) is 0 Å². The number of rotatable bonds is 3. The summed E-state index contributed by atoms with van der Waals surface area (Å²) in [4.78, 5) is 10.6. The second-order valence-electron chi connectivity index (χ2n) is 1.99. The van der Waals surface area contributed by atoms with Gasteiger partial charge < -0.3 is 10.5 Å². The molecule has 0 rings (SSSR count). The summed E-state index contributed by atoms with van der Waals surface area (Å²) in [5.74, 6) is -0.215. The molecule has 0 spiro atoms. The van der Waals surface area contributed by atoms with Gasteiger partial charge in [-0.25, -0.2) is 0 Å². The van der Waals surface area contributed by atoms with E-state index >= 15 is 0 Å². The normalized spacial score (nSPS) is 11.5. The molecule has 62 valence electrons. The lowest BCUT2D eigenvalue weighted by molar-refractivity contribution is -0.143. The van der Waals surface area contributed by atoms with Crippen molar-refractivity contribution in [2.75, 3.05) is 6.61 Å². The molecule has 0 saturated carbocycles. The fourth-order valence-corrected chi connectivity index (χ4v) is 0.483. The molecule has 0 aromatic rings. The van der Waals surface area contributed by atoms with Gasteiger partial charge in [0.2, 0.25) is 0 Å². The monoisotopic (exact) mass is 167 g/mol. The summed E-state index contributed by atoms with van der Waals surface area (Å²) in [5.41, 5.74) is 5.32. The van der Waals surface area contributed by atoms with Crippen molar-refractivity contribution in [3.05, 3.63) is 0 Å². The molecule has 0 heterocycles. The molecule has 0 saturated heterocycles. The summed E-state index contributed by atoms with van der Waals surface area (Å²) < 4.78 is 4.63. The summed E-state index contributed by atoms with van der Waals surface area (Å²) in [7, 11) is 0. The maximum Gasteiger partial charge on any atom is 0.307 e. The Morgan fingerprint density at radius 1 is 1.70 bits per heavy atom. The van der Waals surface area contributed by atoms with Gasteiger partial charge in [-0.2, -0.15) is 0 Å². The molecule has 0 radical (unpaired) electrons. The molecule has 0 aliphatic heterocycles. The van der Waals surface area contributed by atoms with Gasteiger partial charge in [0.25, 0.3) is 0 Å². The van der Waals surface area contributed by atoms with Crippen LogP contribution in [0.2, 0.25) is 0 Å². The highest BCUT2D eigenvalue weighted by atomic mass is 35.5. The van der Waals surface area contributed by atoms with Crippen LogP contribution >= 0.6 is 12.4 Å². The van der Waals surface area contributed by atoms with Gasteiger partial charge in [0, 0.05) is 6.04 Å². The third-order valence-electron chi connectivity index (χ3n) is 0.794. The number of hydrogen-bond donors (Lipinski definition) is 1. The van der Waals surface area contributed by atoms with Crippen LogP contribution < -0.4 is 5.73 Å². The average Bonchev–Trinajstić information content (AvgIpc) is 1.63. The Hall–Kier alpha value is -0.280. The van der Waals surface area contributed by atoms with Crippen LogP contribution in [-0.4, -0.2) is 18.6 Å². The molecule has 0 amide bonds. The van der Waals surface area contributed by atoms with Crippen molar-refractivity contribution in [3.63, 3.8) is 0 Å². The topological polar surface area (TPSA) is 52.3 Å². The van der Waals surface area contributed by atoms with E-state index in [0.29, 0.717) is 13.0 Å². The molecule has 3 nitrogen and oxygen atoms in total. The molecule has 0 aromatic carbocycles. The number of esters is 1. The Morgan fingerprint density at radius 2 is 2.20 bits per heavy atom. The molecule has 0 aromatic heterocycles. The Morgan fingerprint density at radius 3 is 2.50 bits per heavy atom. The molecule has 4 heteroatoms. The maximum absolute atomic E-state index is 10.6. The quantitative estimate of drug-likeness (QED) is 0.630. The van der Waals surface area contributed by atoms with Gasteiger partial charge in [0.1, 0.15) is 0 Å². The van der Waals surface area contributed by atoms with Gasteiger partial charge in [-0.3, -0.25) is 4.79 Å². The molecular weight excluding hydrogens is 154 g/mol. The van der Waals surface area contributed by atoms with Crippen LogP contribution in [0.1, 0.15) is 20.3 Å². The van der Waals surface area contributed by atoms with Gasteiger partial charge >= 0.3 is 5.97 Å². The highest BCUT2D eigenvalue weighted by molar-refractivity contribution is 5.85. The first-order chi connectivity index (χ1) is 4.16. The molecule has 0 aliphatic carbocycles. The molecule has 10 heavy (non-hydrogen) atoms. The predicted octanol–water partition coefficient (Wildman–Crippen LogP) is 0.709. The van der Waals surface area contributed by atoms with Crippen LogP contribution in [0.3, 0.4) is 0 Å². The third-order valence-corrected chi connectivity index (χ3v) is 0.794. The molecular formula is C6H14ClNO2. The second kappa shape index (κ2) is 6.83. The number of carbonyl (C=O) groups excluding carboxylic acids is 1. The van der Waals surface area contributed by atoms with Gasteiger partial charge in [-0.1, -0.05) is 0 Å². The lowest BCUT2D eigenvalue weighted by Crippen LogP contribution is -2.20. The van der Waals surface area contributed by atoms with Crippen LogP contribution in [0.5, 0.6) is 0 Å². The van der Waals surface area contributed by atoms with Crippen LogP contribution in [0.4, 0.5) is 0 Å². The van der Waals surface area contributed by atoms with E-state index < -0.39 is 0 Å². The smallest absolute Gasteiger partial charge is 0.307 e. The summed E-state index contributed by atoms with van der Waals surface area (Å²) in [5, 5.41) is 0. The summed E-state index contributed by atoms with van der Waals surface area (Å²) in [6.45, 7) is 3.99. The predicted molar refractivity (Wildman–Crippen MR) is 42.1 cm³/mol. The number of ether oxygens (including phenoxy) is 1. The van der Waals surface area contributed by atoms with Crippen LogP contribution in [-0.2, 0) is 9.53 Å². The molecule has 1 atom stereocenters. The van der Waals surface area contributed by atoms with Crippen molar-refractivity contribution in [1.29, 1.82) is 0 Å². The number of halogens is 1. The van der Waals surface area contributed by atoms with E-state index in [1.807, 2.05) is 0 Å². The molecule has 0 unspecified atom stereocenters. The Kier molecular flexibility index (Phi) is 8.48. The van der Waals surface area contributed by atoms with E-state index in [2.05, 4.69) is 4.74 Å². The maximum atomic E-state index is 10.6. The highest BCUT2D eigenvalue weighted by Crippen LogP contribution is 1.89. The lowest BCUT2D eigenvalue weighted by Gasteiger charge is -2.02. The van der Waals surface area contributed by atoms with E-state index in [9.17, 15) is 4.79 Å². The molecule has 0 fully saturated rings. The van der Waals surface area contributed by atoms with E-state index in [-0.39, 0.29) is 24.4 Å². The average molecular weight is 168 g/mol. The summed E-state index contributed by atoms with van der Waals surface area (Å²) >= 11 is 0. The number of carbonyl (C=O) groups is 1. The Labute approximate surface area is 67.3 Å². The van der Waals surface area contributed by atoms with E-state index in [4.69, 9.17) is 5.73 Å². The summed E-state index contributed by atoms with van der Waals surface area (Å²) in [6.07, 6.45) is 0.313. The standard InChI is InChI=1S/C6H13NO2.ClH/c1-3-9-6(8)4-5(2)7;/h5H,3-4,7H2,1-2H3;1H/t5-;/m1./s1. The zero-order valence-corrected chi connectivity index (χ0v) is 7.11. The van der Waals surface area contributed by atoms with Crippen LogP contribution in [0.25, 0.3) is 0 Å². The van der Waals surface area contributed by atoms with Gasteiger partial charge in [0.05, 0.1) is 13.0 Å². The third kappa shape index (κ3) is 7.72. The Bertz CT molecular complexity index is 95.7. The SMILES string of the molecule is CCOC(=O)C[C@@H](C)N.Cl. The molecule has 0 aliphatic rings. The van der Waals surface area contributed by atoms with E-state index in [1.54, 1.807) is 13.8 Å². The van der Waals surface area contributed by atoms with Crippen LogP contribution in [0.15, 0.2) is 0 Å². The zero-order valence-electron chi connectivity index (χ0n) is 6.29. The van der Waals surface area contributed by atoms with Crippen molar-refractivity contribution >= 4 is 18.4 Å². The van der Waals surface area contributed by atoms with Crippen molar-refractivity contribution < 1.29 is 9.53 Å². The Balaban J connectivity index is 0. The lowest BCUT2D eigenvalue weighted by atomic mass is 10.3. The first-order valence-electron chi connectivity index (χ1n) is 3.08. The first-order valence-corrected chi connectivity index (χ1v) is 3.08. The van der Waals surface area contributed by atoms with Crippen molar-refractivity contribution in [2.24, 2.45) is 5.73 Å². The van der Waals surface area contributed by atoms with Crippen molar-refractivity contribution in [3.8, 4) is 0 Å². The minimum absolute atomic E-state index is 0. The fraction of sp³-hybridized carbons (Fsp3) is 0.833. The van der Waals surface area contributed by atoms with Crippen LogP contribution in [0, 0.1) is 0 Å². The first kappa shape index (κ1) is 12.4. The van der Waals surface area contributed by atoms with E-state index in [0.717, 1.165) is 0 Å². The highest BCUT2D eigenvalue weighted by Gasteiger charge is 2.03. The number of nitrogens with two attached hydrogens (primary N) is 1. The molecule has 2 N–H and O–H groups in total.